The second-order valence-corrected chi connectivity index (χ2v) is 5.17. The molecule has 0 aromatic heterocycles. The number of carbonyl (C=O) groups is 1. The van der Waals surface area contributed by atoms with Crippen molar-refractivity contribution in [3.05, 3.63) is 70.9 Å². The van der Waals surface area contributed by atoms with Crippen LogP contribution in [0.25, 0.3) is 6.08 Å². The summed E-state index contributed by atoms with van der Waals surface area (Å²) in [5.74, 6) is 0.594. The van der Waals surface area contributed by atoms with E-state index in [1.807, 2.05) is 62.4 Å². The van der Waals surface area contributed by atoms with Crippen LogP contribution in [0.4, 0.5) is 0 Å². The normalized spacial score (nSPS) is 15.5. The van der Waals surface area contributed by atoms with Crippen molar-refractivity contribution in [2.75, 3.05) is 6.61 Å². The molecule has 1 aliphatic heterocycles. The second kappa shape index (κ2) is 6.48. The van der Waals surface area contributed by atoms with E-state index in [4.69, 9.17) is 9.47 Å². The largest absolute Gasteiger partial charge is 0.493 e. The number of ether oxygens (including phenoxy) is 2. The molecule has 0 bridgehead atoms. The van der Waals surface area contributed by atoms with Gasteiger partial charge in [-0.25, -0.2) is 9.79 Å². The number of hydrogen-bond donors (Lipinski definition) is 0. The van der Waals surface area contributed by atoms with Crippen LogP contribution in [-0.4, -0.2) is 18.5 Å². The van der Waals surface area contributed by atoms with E-state index in [0.717, 1.165) is 16.7 Å². The SMILES string of the molecule is CCOc1ccccc1/C=C1/N=C(c2ccc(C)cc2)OC1=O. The van der Waals surface area contributed by atoms with Crippen LogP contribution in [0.2, 0.25) is 0 Å². The number of carbonyl (C=O) groups excluding carboxylic acids is 1. The lowest BCUT2D eigenvalue weighted by Gasteiger charge is -2.06. The van der Waals surface area contributed by atoms with Gasteiger partial charge >= 0.3 is 5.97 Å². The number of hydrogen-bond acceptors (Lipinski definition) is 4. The Kier molecular flexibility index (Phi) is 4.24. The molecule has 0 spiro atoms. The van der Waals surface area contributed by atoms with E-state index in [0.29, 0.717) is 18.3 Å². The van der Waals surface area contributed by atoms with Crippen molar-refractivity contribution in [1.82, 2.24) is 0 Å². The highest BCUT2D eigenvalue weighted by atomic mass is 16.6. The van der Waals surface area contributed by atoms with E-state index in [1.165, 1.54) is 0 Å². The first-order valence-corrected chi connectivity index (χ1v) is 7.49. The Morgan fingerprint density at radius 2 is 1.87 bits per heavy atom. The smallest absolute Gasteiger partial charge is 0.363 e. The van der Waals surface area contributed by atoms with Gasteiger partial charge in [0.15, 0.2) is 5.70 Å². The fourth-order valence-corrected chi connectivity index (χ4v) is 2.26. The lowest BCUT2D eigenvalue weighted by Crippen LogP contribution is -2.05. The number of para-hydroxylation sites is 1. The summed E-state index contributed by atoms with van der Waals surface area (Å²) < 4.78 is 10.8. The molecule has 4 heteroatoms. The van der Waals surface area contributed by atoms with Gasteiger partial charge in [0.25, 0.3) is 0 Å². The summed E-state index contributed by atoms with van der Waals surface area (Å²) in [5, 5.41) is 0. The maximum Gasteiger partial charge on any atom is 0.363 e. The molecule has 2 aromatic carbocycles. The fraction of sp³-hybridized carbons (Fsp3) is 0.158. The number of nitrogens with zero attached hydrogens (tertiary/aromatic N) is 1. The summed E-state index contributed by atoms with van der Waals surface area (Å²) >= 11 is 0. The molecule has 0 amide bonds. The molecule has 0 fully saturated rings. The maximum absolute atomic E-state index is 12.1. The Bertz CT molecular complexity index is 789. The van der Waals surface area contributed by atoms with Gasteiger partial charge in [-0.15, -0.1) is 0 Å². The molecule has 0 aliphatic carbocycles. The Balaban J connectivity index is 1.94. The summed E-state index contributed by atoms with van der Waals surface area (Å²) in [6.45, 7) is 4.48. The minimum absolute atomic E-state index is 0.271. The van der Waals surface area contributed by atoms with Crippen molar-refractivity contribution >= 4 is 17.9 Å². The molecule has 0 N–H and O–H groups in total. The molecule has 2 aromatic rings. The third-order valence-electron chi connectivity index (χ3n) is 3.43. The van der Waals surface area contributed by atoms with Crippen LogP contribution in [0.15, 0.2) is 59.2 Å². The number of aryl methyl sites for hydroxylation is 1. The molecule has 116 valence electrons. The van der Waals surface area contributed by atoms with E-state index >= 15 is 0 Å². The lowest BCUT2D eigenvalue weighted by molar-refractivity contribution is -0.129. The predicted molar refractivity (Wildman–Crippen MR) is 89.4 cm³/mol. The molecule has 0 atom stereocenters. The van der Waals surface area contributed by atoms with E-state index in [1.54, 1.807) is 6.08 Å². The summed E-state index contributed by atoms with van der Waals surface area (Å²) in [4.78, 5) is 16.4. The summed E-state index contributed by atoms with van der Waals surface area (Å²) in [6.07, 6.45) is 1.69. The number of cyclic esters (lactones) is 1. The lowest BCUT2D eigenvalue weighted by atomic mass is 10.1. The molecule has 0 saturated carbocycles. The van der Waals surface area contributed by atoms with Gasteiger partial charge in [-0.05, 0) is 38.1 Å². The van der Waals surface area contributed by atoms with Crippen molar-refractivity contribution in [3.63, 3.8) is 0 Å². The highest BCUT2D eigenvalue weighted by Crippen LogP contribution is 2.24. The summed E-state index contributed by atoms with van der Waals surface area (Å²) in [5.41, 5.74) is 2.99. The summed E-state index contributed by atoms with van der Waals surface area (Å²) in [7, 11) is 0. The quantitative estimate of drug-likeness (QED) is 0.638. The Morgan fingerprint density at radius 3 is 2.61 bits per heavy atom. The van der Waals surface area contributed by atoms with E-state index in [9.17, 15) is 4.79 Å². The highest BCUT2D eigenvalue weighted by molar-refractivity contribution is 6.12. The van der Waals surface area contributed by atoms with Gasteiger partial charge in [0, 0.05) is 11.1 Å². The standard InChI is InChI=1S/C19H17NO3/c1-3-22-17-7-5-4-6-15(17)12-16-19(21)23-18(20-16)14-10-8-13(2)9-11-14/h4-12H,3H2,1-2H3/b16-12+. The Hall–Kier alpha value is -2.88. The zero-order valence-electron chi connectivity index (χ0n) is 13.1. The van der Waals surface area contributed by atoms with Gasteiger partial charge in [-0.2, -0.15) is 0 Å². The average molecular weight is 307 g/mol. The minimum atomic E-state index is -0.452. The van der Waals surface area contributed by atoms with Crippen molar-refractivity contribution < 1.29 is 14.3 Å². The molecule has 1 heterocycles. The van der Waals surface area contributed by atoms with Gasteiger partial charge < -0.3 is 9.47 Å². The van der Waals surface area contributed by atoms with Crippen molar-refractivity contribution in [3.8, 4) is 5.75 Å². The van der Waals surface area contributed by atoms with Gasteiger partial charge in [0.1, 0.15) is 5.75 Å². The van der Waals surface area contributed by atoms with Gasteiger partial charge in [-0.1, -0.05) is 35.9 Å². The van der Waals surface area contributed by atoms with Crippen LogP contribution in [0.5, 0.6) is 5.75 Å². The topological polar surface area (TPSA) is 47.9 Å². The molecule has 0 unspecified atom stereocenters. The van der Waals surface area contributed by atoms with E-state index < -0.39 is 5.97 Å². The molecular weight excluding hydrogens is 290 g/mol. The molecule has 23 heavy (non-hydrogen) atoms. The number of aliphatic imine (C=N–C) groups is 1. The van der Waals surface area contributed by atoms with Gasteiger partial charge in [-0.3, -0.25) is 0 Å². The van der Waals surface area contributed by atoms with Crippen LogP contribution in [0.1, 0.15) is 23.6 Å². The minimum Gasteiger partial charge on any atom is -0.493 e. The zero-order valence-corrected chi connectivity index (χ0v) is 13.1. The van der Waals surface area contributed by atoms with E-state index in [2.05, 4.69) is 4.99 Å². The summed E-state index contributed by atoms with van der Waals surface area (Å²) in [6, 6.07) is 15.2. The number of benzene rings is 2. The van der Waals surface area contributed by atoms with Gasteiger partial charge in [0.05, 0.1) is 6.61 Å². The van der Waals surface area contributed by atoms with Crippen LogP contribution in [0.3, 0.4) is 0 Å². The van der Waals surface area contributed by atoms with Crippen LogP contribution in [-0.2, 0) is 9.53 Å². The first-order chi connectivity index (χ1) is 11.2. The number of esters is 1. The van der Waals surface area contributed by atoms with Crippen LogP contribution < -0.4 is 4.74 Å². The van der Waals surface area contributed by atoms with Crippen molar-refractivity contribution in [2.24, 2.45) is 4.99 Å². The zero-order chi connectivity index (χ0) is 16.2. The average Bonchev–Trinajstić information content (AvgIpc) is 2.91. The highest BCUT2D eigenvalue weighted by Gasteiger charge is 2.24. The van der Waals surface area contributed by atoms with Crippen LogP contribution >= 0.6 is 0 Å². The second-order valence-electron chi connectivity index (χ2n) is 5.17. The molecule has 0 radical (unpaired) electrons. The van der Waals surface area contributed by atoms with Crippen LogP contribution in [0, 0.1) is 6.92 Å². The first-order valence-electron chi connectivity index (χ1n) is 7.49. The monoisotopic (exact) mass is 307 g/mol. The van der Waals surface area contributed by atoms with Crippen molar-refractivity contribution in [1.29, 1.82) is 0 Å². The van der Waals surface area contributed by atoms with Gasteiger partial charge in [0.2, 0.25) is 5.90 Å². The molecular formula is C19H17NO3. The third kappa shape index (κ3) is 3.31. The molecule has 1 aliphatic rings. The maximum atomic E-state index is 12.1. The third-order valence-corrected chi connectivity index (χ3v) is 3.43. The molecule has 0 saturated heterocycles. The fourth-order valence-electron chi connectivity index (χ4n) is 2.26. The van der Waals surface area contributed by atoms with Crippen molar-refractivity contribution in [2.45, 2.75) is 13.8 Å². The Labute approximate surface area is 135 Å². The predicted octanol–water partition coefficient (Wildman–Crippen LogP) is 3.74. The Morgan fingerprint density at radius 1 is 1.13 bits per heavy atom. The molecule has 4 nitrogen and oxygen atoms in total. The first kappa shape index (κ1) is 15.0. The van der Waals surface area contributed by atoms with E-state index in [-0.39, 0.29) is 5.70 Å². The number of rotatable bonds is 4. The molecule has 3 rings (SSSR count).